The first-order valence-corrected chi connectivity index (χ1v) is 8.31. The molecule has 2 heterocycles. The second-order valence-corrected chi connectivity index (χ2v) is 6.14. The van der Waals surface area contributed by atoms with Gasteiger partial charge in [0.05, 0.1) is 11.9 Å². The molecule has 0 saturated heterocycles. The van der Waals surface area contributed by atoms with Crippen molar-refractivity contribution in [1.29, 1.82) is 5.26 Å². The van der Waals surface area contributed by atoms with Crippen LogP contribution < -0.4 is 4.90 Å². The van der Waals surface area contributed by atoms with Crippen LogP contribution in [0.25, 0.3) is 16.9 Å². The summed E-state index contributed by atoms with van der Waals surface area (Å²) in [5.74, 6) is 0.0380. The number of nitrogens with zero attached hydrogens (tertiary/aromatic N) is 5. The minimum Gasteiger partial charge on any atom is -0.313 e. The van der Waals surface area contributed by atoms with Crippen molar-refractivity contribution in [3.05, 3.63) is 47.3 Å². The lowest BCUT2D eigenvalue weighted by molar-refractivity contribution is -0.116. The molecule has 0 aliphatic heterocycles. The normalized spacial score (nSPS) is 12.4. The van der Waals surface area contributed by atoms with E-state index in [2.05, 4.69) is 22.2 Å². The fourth-order valence-corrected chi connectivity index (χ4v) is 3.56. The van der Waals surface area contributed by atoms with Crippen molar-refractivity contribution in [3.8, 4) is 17.3 Å². The molecule has 124 valence electrons. The molecular formula is C19H17N5O. The Hall–Kier alpha value is -3.20. The third-order valence-electron chi connectivity index (χ3n) is 4.74. The lowest BCUT2D eigenvalue weighted by Crippen LogP contribution is -2.28. The number of rotatable bonds is 2. The Kier molecular flexibility index (Phi) is 3.50. The van der Waals surface area contributed by atoms with Crippen LogP contribution in [-0.4, -0.2) is 27.0 Å². The Morgan fingerprint density at radius 1 is 1.32 bits per heavy atom. The van der Waals surface area contributed by atoms with Gasteiger partial charge in [-0.2, -0.15) is 10.4 Å². The summed E-state index contributed by atoms with van der Waals surface area (Å²) in [6.45, 7) is 4.20. The van der Waals surface area contributed by atoms with E-state index in [-0.39, 0.29) is 5.91 Å². The smallest absolute Gasteiger partial charge is 0.223 e. The van der Waals surface area contributed by atoms with Crippen LogP contribution in [0.1, 0.15) is 30.5 Å². The predicted octanol–water partition coefficient (Wildman–Crippen LogP) is 2.74. The molecule has 0 spiro atoms. The topological polar surface area (TPSA) is 74.3 Å². The van der Waals surface area contributed by atoms with Gasteiger partial charge in [0.1, 0.15) is 11.6 Å². The van der Waals surface area contributed by atoms with E-state index in [1.807, 2.05) is 25.3 Å². The lowest BCUT2D eigenvalue weighted by Gasteiger charge is -2.24. The van der Waals surface area contributed by atoms with Crippen LogP contribution in [-0.2, 0) is 17.6 Å². The molecule has 1 aromatic carbocycles. The number of carbonyl (C=O) groups excluding carboxylic acids is 1. The molecule has 0 fully saturated rings. The number of amides is 1. The molecule has 6 heteroatoms. The van der Waals surface area contributed by atoms with Gasteiger partial charge in [-0.25, -0.2) is 9.50 Å². The van der Waals surface area contributed by atoms with Crippen LogP contribution >= 0.6 is 0 Å². The number of aryl methyl sites for hydroxylation is 2. The molecule has 3 aromatic rings. The summed E-state index contributed by atoms with van der Waals surface area (Å²) in [7, 11) is 0. The van der Waals surface area contributed by atoms with E-state index in [0.717, 1.165) is 35.3 Å². The molecular weight excluding hydrogens is 314 g/mol. The number of aromatic nitrogens is 3. The standard InChI is InChI=1S/C19H17N5O/c1-3-23(12(2)25)16-6-7-17-13(8-16)4-5-14-10-21-19-15(9-20)11-22-24(19)18(14)17/h6-8,10-11H,3-5H2,1-2H3. The summed E-state index contributed by atoms with van der Waals surface area (Å²) < 4.78 is 1.76. The second kappa shape index (κ2) is 5.71. The highest BCUT2D eigenvalue weighted by atomic mass is 16.2. The average molecular weight is 331 g/mol. The highest BCUT2D eigenvalue weighted by Gasteiger charge is 2.22. The van der Waals surface area contributed by atoms with Gasteiger partial charge in [0, 0.05) is 30.9 Å². The fraction of sp³-hybridized carbons (Fsp3) is 0.263. The average Bonchev–Trinajstić information content (AvgIpc) is 3.04. The molecule has 6 nitrogen and oxygen atoms in total. The number of nitriles is 1. The molecule has 0 unspecified atom stereocenters. The quantitative estimate of drug-likeness (QED) is 0.723. The van der Waals surface area contributed by atoms with E-state index in [1.165, 1.54) is 5.56 Å². The molecule has 1 amide bonds. The number of anilines is 1. The van der Waals surface area contributed by atoms with Crippen LogP contribution in [0.2, 0.25) is 0 Å². The van der Waals surface area contributed by atoms with Gasteiger partial charge in [0.25, 0.3) is 0 Å². The first-order valence-electron chi connectivity index (χ1n) is 8.31. The zero-order valence-electron chi connectivity index (χ0n) is 14.2. The monoisotopic (exact) mass is 331 g/mol. The van der Waals surface area contributed by atoms with Gasteiger partial charge in [-0.3, -0.25) is 4.79 Å². The largest absolute Gasteiger partial charge is 0.313 e. The van der Waals surface area contributed by atoms with E-state index >= 15 is 0 Å². The highest BCUT2D eigenvalue weighted by Crippen LogP contribution is 2.35. The van der Waals surface area contributed by atoms with Crippen molar-refractivity contribution >= 4 is 17.2 Å². The minimum atomic E-state index is 0.0380. The first-order chi connectivity index (χ1) is 12.1. The van der Waals surface area contributed by atoms with Gasteiger partial charge in [-0.1, -0.05) is 6.07 Å². The summed E-state index contributed by atoms with van der Waals surface area (Å²) in [5.41, 5.74) is 6.36. The summed E-state index contributed by atoms with van der Waals surface area (Å²) in [4.78, 5) is 18.0. The van der Waals surface area contributed by atoms with Crippen molar-refractivity contribution in [1.82, 2.24) is 14.6 Å². The van der Waals surface area contributed by atoms with E-state index < -0.39 is 0 Å². The molecule has 0 radical (unpaired) electrons. The van der Waals surface area contributed by atoms with Crippen molar-refractivity contribution < 1.29 is 4.79 Å². The SMILES string of the molecule is CCN(C(C)=O)c1ccc2c(c1)CCc1cnc3c(C#N)cnn3c1-2. The third kappa shape index (κ3) is 2.28. The predicted molar refractivity (Wildman–Crippen MR) is 94.2 cm³/mol. The summed E-state index contributed by atoms with van der Waals surface area (Å²) in [6.07, 6.45) is 5.16. The van der Waals surface area contributed by atoms with Gasteiger partial charge in [0.2, 0.25) is 5.91 Å². The molecule has 2 aromatic heterocycles. The van der Waals surface area contributed by atoms with Crippen molar-refractivity contribution in [2.24, 2.45) is 0 Å². The molecule has 4 rings (SSSR count). The van der Waals surface area contributed by atoms with Crippen LogP contribution in [0.15, 0.2) is 30.6 Å². The lowest BCUT2D eigenvalue weighted by atomic mass is 9.89. The Balaban J connectivity index is 1.91. The zero-order valence-corrected chi connectivity index (χ0v) is 14.2. The van der Waals surface area contributed by atoms with Crippen LogP contribution in [0, 0.1) is 11.3 Å². The van der Waals surface area contributed by atoms with E-state index in [0.29, 0.717) is 17.8 Å². The summed E-state index contributed by atoms with van der Waals surface area (Å²) in [5, 5.41) is 13.6. The Bertz CT molecular complexity index is 1040. The Morgan fingerprint density at radius 3 is 2.84 bits per heavy atom. The maximum atomic E-state index is 11.8. The molecule has 25 heavy (non-hydrogen) atoms. The van der Waals surface area contributed by atoms with E-state index in [4.69, 9.17) is 0 Å². The fourth-order valence-electron chi connectivity index (χ4n) is 3.56. The summed E-state index contributed by atoms with van der Waals surface area (Å²) >= 11 is 0. The van der Waals surface area contributed by atoms with Crippen LogP contribution in [0.3, 0.4) is 0 Å². The number of benzene rings is 1. The minimum absolute atomic E-state index is 0.0380. The van der Waals surface area contributed by atoms with Gasteiger partial charge in [-0.15, -0.1) is 0 Å². The summed E-state index contributed by atoms with van der Waals surface area (Å²) in [6, 6.07) is 8.24. The molecule has 0 saturated carbocycles. The molecule has 1 aliphatic rings. The van der Waals surface area contributed by atoms with Crippen molar-refractivity contribution in [3.63, 3.8) is 0 Å². The number of hydrogen-bond acceptors (Lipinski definition) is 4. The molecule has 0 bridgehead atoms. The van der Waals surface area contributed by atoms with Gasteiger partial charge in [-0.05, 0) is 43.0 Å². The van der Waals surface area contributed by atoms with Gasteiger partial charge in [0.15, 0.2) is 5.65 Å². The van der Waals surface area contributed by atoms with E-state index in [9.17, 15) is 10.1 Å². The maximum absolute atomic E-state index is 11.8. The molecule has 0 N–H and O–H groups in total. The molecule has 0 atom stereocenters. The van der Waals surface area contributed by atoms with Crippen LogP contribution in [0.4, 0.5) is 5.69 Å². The second-order valence-electron chi connectivity index (χ2n) is 6.14. The number of fused-ring (bicyclic) bond motifs is 5. The van der Waals surface area contributed by atoms with Gasteiger partial charge >= 0.3 is 0 Å². The number of carbonyl (C=O) groups is 1. The first kappa shape index (κ1) is 15.3. The van der Waals surface area contributed by atoms with Crippen molar-refractivity contribution in [2.75, 3.05) is 11.4 Å². The zero-order chi connectivity index (χ0) is 17.6. The Labute approximate surface area is 145 Å². The Morgan fingerprint density at radius 2 is 2.12 bits per heavy atom. The van der Waals surface area contributed by atoms with Gasteiger partial charge < -0.3 is 4.90 Å². The third-order valence-corrected chi connectivity index (χ3v) is 4.74. The van der Waals surface area contributed by atoms with Crippen molar-refractivity contribution in [2.45, 2.75) is 26.7 Å². The number of hydrogen-bond donors (Lipinski definition) is 0. The molecule has 1 aliphatic carbocycles. The highest BCUT2D eigenvalue weighted by molar-refractivity contribution is 5.92. The van der Waals surface area contributed by atoms with E-state index in [1.54, 1.807) is 22.5 Å². The maximum Gasteiger partial charge on any atom is 0.223 e. The van der Waals surface area contributed by atoms with Crippen LogP contribution in [0.5, 0.6) is 0 Å².